The molecule has 12 heteroatoms. The Balaban J connectivity index is 2.34. The van der Waals surface area contributed by atoms with Gasteiger partial charge in [-0.1, -0.05) is 0 Å². The second-order valence-corrected chi connectivity index (χ2v) is 7.91. The van der Waals surface area contributed by atoms with E-state index in [-0.39, 0.29) is 6.61 Å². The Bertz CT molecular complexity index is 638. The molecule has 0 aromatic heterocycles. The molecule has 2 saturated heterocycles. The van der Waals surface area contributed by atoms with Crippen molar-refractivity contribution in [1.29, 1.82) is 0 Å². The van der Waals surface area contributed by atoms with Crippen LogP contribution in [0.15, 0.2) is 0 Å². The van der Waals surface area contributed by atoms with Gasteiger partial charge in [0.05, 0.1) is 13.2 Å². The van der Waals surface area contributed by atoms with Gasteiger partial charge in [-0.05, 0) is 11.9 Å². The number of esters is 4. The maximum Gasteiger partial charge on any atom is 0.303 e. The van der Waals surface area contributed by atoms with Gasteiger partial charge in [0.25, 0.3) is 0 Å². The van der Waals surface area contributed by atoms with Crippen molar-refractivity contribution in [3.8, 4) is 0 Å². The largest absolute Gasteiger partial charge is 0.463 e. The fraction of sp³-hybridized carbons (Fsp3) is 0.778. The molecule has 170 valence electrons. The summed E-state index contributed by atoms with van der Waals surface area (Å²) >= 11 is 1.26. The van der Waals surface area contributed by atoms with Crippen LogP contribution in [0, 0.1) is 0 Å². The van der Waals surface area contributed by atoms with Gasteiger partial charge in [-0.15, -0.1) is 0 Å². The highest BCUT2D eigenvalue weighted by Crippen LogP contribution is 2.36. The van der Waals surface area contributed by atoms with E-state index in [0.717, 1.165) is 0 Å². The summed E-state index contributed by atoms with van der Waals surface area (Å²) in [6.45, 7) is 6.85. The van der Waals surface area contributed by atoms with Crippen LogP contribution >= 0.6 is 11.9 Å². The Morgan fingerprint density at radius 2 is 1.37 bits per heavy atom. The number of carbonyl (C=O) groups is 4. The Labute approximate surface area is 178 Å². The Hall–Kier alpha value is -1.89. The predicted octanol–water partition coefficient (Wildman–Crippen LogP) is 0.0499. The fourth-order valence-electron chi connectivity index (χ4n) is 3.07. The van der Waals surface area contributed by atoms with E-state index in [1.54, 1.807) is 0 Å². The molecule has 30 heavy (non-hydrogen) atoms. The minimum absolute atomic E-state index is 0.238. The van der Waals surface area contributed by atoms with Gasteiger partial charge in [0, 0.05) is 40.8 Å². The summed E-state index contributed by atoms with van der Waals surface area (Å²) in [6.07, 6.45) is -4.29. The smallest absolute Gasteiger partial charge is 0.303 e. The second kappa shape index (κ2) is 11.5. The molecule has 5 atom stereocenters. The van der Waals surface area contributed by atoms with Crippen LogP contribution < -0.4 is 0 Å². The zero-order valence-electron chi connectivity index (χ0n) is 17.4. The summed E-state index contributed by atoms with van der Waals surface area (Å²) in [6, 6.07) is 0. The molecule has 2 heterocycles. The quantitative estimate of drug-likeness (QED) is 0.296. The predicted molar refractivity (Wildman–Crippen MR) is 102 cm³/mol. The maximum absolute atomic E-state index is 11.8. The summed E-state index contributed by atoms with van der Waals surface area (Å²) < 4.78 is 34.6. The van der Waals surface area contributed by atoms with Gasteiger partial charge in [0.2, 0.25) is 0 Å². The third-order valence-corrected chi connectivity index (χ3v) is 5.42. The number of ether oxygens (including phenoxy) is 6. The van der Waals surface area contributed by atoms with Crippen molar-refractivity contribution < 1.29 is 47.6 Å². The lowest BCUT2D eigenvalue weighted by molar-refractivity contribution is -0.237. The molecule has 2 fully saturated rings. The molecule has 0 saturated carbocycles. The van der Waals surface area contributed by atoms with Crippen molar-refractivity contribution in [3.05, 3.63) is 0 Å². The van der Waals surface area contributed by atoms with Gasteiger partial charge >= 0.3 is 23.9 Å². The Morgan fingerprint density at radius 3 is 1.90 bits per heavy atom. The third kappa shape index (κ3) is 7.42. The first-order chi connectivity index (χ1) is 14.2. The molecular weight excluding hydrogens is 422 g/mol. The molecule has 0 aromatic rings. The number of carbonyl (C=O) groups excluding carboxylic acids is 4. The molecular formula is C18H27NO10S. The van der Waals surface area contributed by atoms with Crippen LogP contribution in [0.1, 0.15) is 27.7 Å². The lowest BCUT2D eigenvalue weighted by atomic mass is 9.99. The Kier molecular flexibility index (Phi) is 9.34. The zero-order chi connectivity index (χ0) is 22.3. The first kappa shape index (κ1) is 24.4. The molecule has 0 radical (unpaired) electrons. The highest BCUT2D eigenvalue weighted by atomic mass is 32.2. The monoisotopic (exact) mass is 449 g/mol. The van der Waals surface area contributed by atoms with Crippen LogP contribution in [0.3, 0.4) is 0 Å². The number of nitrogens with zero attached hydrogens (tertiary/aromatic N) is 1. The van der Waals surface area contributed by atoms with E-state index in [9.17, 15) is 19.2 Å². The molecule has 0 amide bonds. The van der Waals surface area contributed by atoms with Crippen molar-refractivity contribution in [2.45, 2.75) is 57.5 Å². The second-order valence-electron chi connectivity index (χ2n) is 6.71. The van der Waals surface area contributed by atoms with Gasteiger partial charge in [-0.3, -0.25) is 19.2 Å². The van der Waals surface area contributed by atoms with E-state index in [1.807, 2.05) is 4.31 Å². The zero-order valence-corrected chi connectivity index (χ0v) is 18.2. The molecule has 0 N–H and O–H groups in total. The van der Waals surface area contributed by atoms with Crippen molar-refractivity contribution >= 4 is 35.8 Å². The topological polar surface area (TPSA) is 127 Å². The highest BCUT2D eigenvalue weighted by molar-refractivity contribution is 7.97. The molecule has 0 spiro atoms. The van der Waals surface area contributed by atoms with Crippen LogP contribution in [0.2, 0.25) is 0 Å². The van der Waals surface area contributed by atoms with E-state index in [2.05, 4.69) is 0 Å². The summed E-state index contributed by atoms with van der Waals surface area (Å²) in [7, 11) is 0. The van der Waals surface area contributed by atoms with Crippen molar-refractivity contribution in [2.24, 2.45) is 0 Å². The molecule has 0 unspecified atom stereocenters. The summed E-state index contributed by atoms with van der Waals surface area (Å²) in [5.74, 6) is -2.48. The molecule has 0 bridgehead atoms. The van der Waals surface area contributed by atoms with Gasteiger partial charge in [-0.2, -0.15) is 0 Å². The van der Waals surface area contributed by atoms with E-state index < -0.39 is 53.7 Å². The van der Waals surface area contributed by atoms with E-state index in [0.29, 0.717) is 26.3 Å². The van der Waals surface area contributed by atoms with E-state index >= 15 is 0 Å². The van der Waals surface area contributed by atoms with Gasteiger partial charge in [0.15, 0.2) is 23.7 Å². The van der Waals surface area contributed by atoms with Gasteiger partial charge in [-0.25, -0.2) is 4.31 Å². The normalized spacial score (nSPS) is 29.5. The number of rotatable bonds is 7. The fourth-order valence-corrected chi connectivity index (χ4v) is 4.25. The summed E-state index contributed by atoms with van der Waals surface area (Å²) in [4.78, 5) is 46.6. The van der Waals surface area contributed by atoms with Crippen LogP contribution in [0.5, 0.6) is 0 Å². The van der Waals surface area contributed by atoms with Crippen molar-refractivity contribution in [1.82, 2.24) is 4.31 Å². The SMILES string of the molecule is CC(=O)OC[C@H]1O[C@H](SN2CCOCC2)[C@@H](OC(C)=O)[C@@H](OC(C)=O)[C@@H]1OC(C)=O. The minimum atomic E-state index is -1.15. The Morgan fingerprint density at radius 1 is 0.833 bits per heavy atom. The van der Waals surface area contributed by atoms with Crippen molar-refractivity contribution in [3.63, 3.8) is 0 Å². The van der Waals surface area contributed by atoms with Crippen LogP contribution in [0.25, 0.3) is 0 Å². The molecule has 2 aliphatic heterocycles. The van der Waals surface area contributed by atoms with Crippen LogP contribution in [0.4, 0.5) is 0 Å². The molecule has 2 aliphatic rings. The van der Waals surface area contributed by atoms with Gasteiger partial charge in [0.1, 0.15) is 12.7 Å². The van der Waals surface area contributed by atoms with E-state index in [1.165, 1.54) is 39.6 Å². The first-order valence-corrected chi connectivity index (χ1v) is 10.3. The molecule has 2 rings (SSSR count). The first-order valence-electron chi connectivity index (χ1n) is 9.47. The average Bonchev–Trinajstić information content (AvgIpc) is 2.64. The van der Waals surface area contributed by atoms with Gasteiger partial charge < -0.3 is 28.4 Å². The highest BCUT2D eigenvalue weighted by Gasteiger charge is 2.52. The average molecular weight is 449 g/mol. The van der Waals surface area contributed by atoms with Crippen LogP contribution in [-0.2, 0) is 47.6 Å². The molecule has 11 nitrogen and oxygen atoms in total. The molecule has 0 aliphatic carbocycles. The standard InChI is InChI=1S/C18H27NO10S/c1-10(20)25-9-14-15(26-11(2)21)16(27-12(3)22)17(28-13(4)23)18(29-14)30-19-5-7-24-8-6-19/h14-18H,5-9H2,1-4H3/t14-,15-,16+,17+,18-/m1/s1. The third-order valence-electron chi connectivity index (χ3n) is 4.17. The number of hydrogen-bond acceptors (Lipinski definition) is 12. The summed E-state index contributed by atoms with van der Waals surface area (Å²) in [5, 5.41) is 0. The maximum atomic E-state index is 11.8. The van der Waals surface area contributed by atoms with Crippen molar-refractivity contribution in [2.75, 3.05) is 32.9 Å². The lowest BCUT2D eigenvalue weighted by Gasteiger charge is -2.45. The van der Waals surface area contributed by atoms with Crippen LogP contribution in [-0.4, -0.2) is 90.9 Å². The van der Waals surface area contributed by atoms with E-state index in [4.69, 9.17) is 28.4 Å². The minimum Gasteiger partial charge on any atom is -0.463 e. The summed E-state index contributed by atoms with van der Waals surface area (Å²) in [5.41, 5.74) is -0.802. The number of morpholine rings is 1. The lowest BCUT2D eigenvalue weighted by Crippen LogP contribution is -2.62. The number of hydrogen-bond donors (Lipinski definition) is 0. The molecule has 0 aromatic carbocycles.